The number of amides is 1. The van der Waals surface area contributed by atoms with E-state index in [1.165, 1.54) is 0 Å². The van der Waals surface area contributed by atoms with Gasteiger partial charge in [-0.2, -0.15) is 0 Å². The van der Waals surface area contributed by atoms with Crippen LogP contribution in [0.4, 0.5) is 11.6 Å². The molecular formula is C12H13N3O2. The first-order valence-electron chi connectivity index (χ1n) is 5.17. The summed E-state index contributed by atoms with van der Waals surface area (Å²) in [7, 11) is 0. The Morgan fingerprint density at radius 1 is 1.41 bits per heavy atom. The molecular weight excluding hydrogens is 218 g/mol. The Morgan fingerprint density at radius 3 is 2.82 bits per heavy atom. The van der Waals surface area contributed by atoms with Crippen molar-refractivity contribution in [1.82, 2.24) is 5.16 Å². The number of benzene rings is 1. The largest absolute Gasteiger partial charge is 0.398 e. The van der Waals surface area contributed by atoms with Crippen molar-refractivity contribution < 1.29 is 9.32 Å². The number of carbonyl (C=O) groups excluding carboxylic acids is 1. The standard InChI is InChI=1S/C12H13N3O2/c1-7-6-11(17-15-7)14-12(16)9-4-3-5-10(13)8(9)2/h3-6H,13H2,1-2H3,(H,14,16). The average Bonchev–Trinajstić information content (AvgIpc) is 2.68. The summed E-state index contributed by atoms with van der Waals surface area (Å²) in [5, 5.41) is 6.31. The summed E-state index contributed by atoms with van der Waals surface area (Å²) >= 11 is 0. The first-order valence-corrected chi connectivity index (χ1v) is 5.17. The summed E-state index contributed by atoms with van der Waals surface area (Å²) in [6, 6.07) is 6.86. The Bertz CT molecular complexity index is 561. The summed E-state index contributed by atoms with van der Waals surface area (Å²) in [6.07, 6.45) is 0. The maximum absolute atomic E-state index is 11.9. The van der Waals surface area contributed by atoms with Gasteiger partial charge in [-0.15, -0.1) is 0 Å². The van der Waals surface area contributed by atoms with Gasteiger partial charge in [0, 0.05) is 17.3 Å². The molecule has 0 aliphatic carbocycles. The summed E-state index contributed by atoms with van der Waals surface area (Å²) in [6.45, 7) is 3.58. The van der Waals surface area contributed by atoms with E-state index in [2.05, 4.69) is 10.5 Å². The zero-order valence-corrected chi connectivity index (χ0v) is 9.65. The molecule has 0 atom stereocenters. The highest BCUT2D eigenvalue weighted by Crippen LogP contribution is 2.17. The number of hydrogen-bond acceptors (Lipinski definition) is 4. The topological polar surface area (TPSA) is 81.2 Å². The maximum atomic E-state index is 11.9. The Hall–Kier alpha value is -2.30. The van der Waals surface area contributed by atoms with Crippen molar-refractivity contribution in [2.45, 2.75) is 13.8 Å². The minimum atomic E-state index is -0.258. The van der Waals surface area contributed by atoms with Crippen LogP contribution >= 0.6 is 0 Å². The van der Waals surface area contributed by atoms with Gasteiger partial charge in [0.15, 0.2) is 0 Å². The number of rotatable bonds is 2. The van der Waals surface area contributed by atoms with Gasteiger partial charge in [-0.1, -0.05) is 11.2 Å². The predicted molar refractivity (Wildman–Crippen MR) is 64.8 cm³/mol. The van der Waals surface area contributed by atoms with E-state index in [0.29, 0.717) is 22.8 Å². The molecule has 3 N–H and O–H groups in total. The summed E-state index contributed by atoms with van der Waals surface area (Å²) in [5.74, 6) is 0.0697. The molecule has 88 valence electrons. The van der Waals surface area contributed by atoms with Crippen molar-refractivity contribution in [3.8, 4) is 0 Å². The minimum Gasteiger partial charge on any atom is -0.398 e. The van der Waals surface area contributed by atoms with Crippen LogP contribution in [0.5, 0.6) is 0 Å². The molecule has 0 bridgehead atoms. The van der Waals surface area contributed by atoms with Gasteiger partial charge in [0.1, 0.15) is 0 Å². The highest BCUT2D eigenvalue weighted by atomic mass is 16.5. The van der Waals surface area contributed by atoms with Crippen molar-refractivity contribution >= 4 is 17.5 Å². The Labute approximate surface area is 98.6 Å². The van der Waals surface area contributed by atoms with E-state index in [1.54, 1.807) is 38.1 Å². The van der Waals surface area contributed by atoms with Crippen molar-refractivity contribution in [3.05, 3.63) is 41.1 Å². The third-order valence-corrected chi connectivity index (χ3v) is 2.49. The van der Waals surface area contributed by atoms with E-state index < -0.39 is 0 Å². The van der Waals surface area contributed by atoms with Gasteiger partial charge in [-0.3, -0.25) is 10.1 Å². The minimum absolute atomic E-state index is 0.258. The predicted octanol–water partition coefficient (Wildman–Crippen LogP) is 2.13. The van der Waals surface area contributed by atoms with Crippen LogP contribution in [0.1, 0.15) is 21.6 Å². The molecule has 5 heteroatoms. The molecule has 0 saturated heterocycles. The lowest BCUT2D eigenvalue weighted by Gasteiger charge is -2.06. The van der Waals surface area contributed by atoms with E-state index in [-0.39, 0.29) is 5.91 Å². The second-order valence-electron chi connectivity index (χ2n) is 3.81. The molecule has 0 unspecified atom stereocenters. The monoisotopic (exact) mass is 231 g/mol. The van der Waals surface area contributed by atoms with Crippen LogP contribution in [0, 0.1) is 13.8 Å². The van der Waals surface area contributed by atoms with Gasteiger partial charge in [0.25, 0.3) is 5.91 Å². The normalized spacial score (nSPS) is 10.2. The van der Waals surface area contributed by atoms with E-state index >= 15 is 0 Å². The third-order valence-electron chi connectivity index (χ3n) is 2.49. The molecule has 0 fully saturated rings. The fourth-order valence-corrected chi connectivity index (χ4v) is 1.50. The SMILES string of the molecule is Cc1cc(NC(=O)c2cccc(N)c2C)on1. The van der Waals surface area contributed by atoms with Crippen LogP contribution in [0.15, 0.2) is 28.8 Å². The van der Waals surface area contributed by atoms with Gasteiger partial charge in [0.05, 0.1) is 5.69 Å². The molecule has 1 aromatic carbocycles. The fourth-order valence-electron chi connectivity index (χ4n) is 1.50. The van der Waals surface area contributed by atoms with Crippen LogP contribution in [-0.2, 0) is 0 Å². The first-order chi connectivity index (χ1) is 8.08. The molecule has 0 aliphatic rings. The molecule has 1 amide bonds. The number of hydrogen-bond donors (Lipinski definition) is 2. The van der Waals surface area contributed by atoms with E-state index in [9.17, 15) is 4.79 Å². The number of nitrogens with zero attached hydrogens (tertiary/aromatic N) is 1. The van der Waals surface area contributed by atoms with Crippen LogP contribution in [-0.4, -0.2) is 11.1 Å². The highest BCUT2D eigenvalue weighted by Gasteiger charge is 2.12. The van der Waals surface area contributed by atoms with Crippen LogP contribution in [0.25, 0.3) is 0 Å². The van der Waals surface area contributed by atoms with Crippen molar-refractivity contribution in [2.75, 3.05) is 11.1 Å². The zero-order valence-electron chi connectivity index (χ0n) is 9.65. The van der Waals surface area contributed by atoms with Crippen molar-refractivity contribution in [3.63, 3.8) is 0 Å². The molecule has 0 saturated carbocycles. The lowest BCUT2D eigenvalue weighted by atomic mass is 10.1. The maximum Gasteiger partial charge on any atom is 0.258 e. The van der Waals surface area contributed by atoms with Crippen LogP contribution < -0.4 is 11.1 Å². The van der Waals surface area contributed by atoms with Gasteiger partial charge in [0.2, 0.25) is 5.88 Å². The lowest BCUT2D eigenvalue weighted by molar-refractivity contribution is 0.102. The Kier molecular flexibility index (Phi) is 2.82. The van der Waals surface area contributed by atoms with Crippen molar-refractivity contribution in [1.29, 1.82) is 0 Å². The molecule has 2 rings (SSSR count). The second kappa shape index (κ2) is 4.29. The highest BCUT2D eigenvalue weighted by molar-refractivity contribution is 6.05. The number of aromatic nitrogens is 1. The Balaban J connectivity index is 2.23. The molecule has 5 nitrogen and oxygen atoms in total. The average molecular weight is 231 g/mol. The molecule has 0 radical (unpaired) electrons. The number of aryl methyl sites for hydroxylation is 1. The number of nitrogens with two attached hydrogens (primary N) is 1. The van der Waals surface area contributed by atoms with Crippen molar-refractivity contribution in [2.24, 2.45) is 0 Å². The molecule has 0 spiro atoms. The molecule has 0 aliphatic heterocycles. The van der Waals surface area contributed by atoms with Gasteiger partial charge >= 0.3 is 0 Å². The summed E-state index contributed by atoms with van der Waals surface area (Å²) in [5.41, 5.74) is 8.32. The van der Waals surface area contributed by atoms with Gasteiger partial charge in [-0.05, 0) is 31.5 Å². The zero-order chi connectivity index (χ0) is 12.4. The number of carbonyl (C=O) groups is 1. The third kappa shape index (κ3) is 2.28. The Morgan fingerprint density at radius 2 is 2.18 bits per heavy atom. The molecule has 1 aromatic heterocycles. The van der Waals surface area contributed by atoms with Gasteiger partial charge < -0.3 is 10.3 Å². The van der Waals surface area contributed by atoms with Gasteiger partial charge in [-0.25, -0.2) is 0 Å². The fraction of sp³-hybridized carbons (Fsp3) is 0.167. The van der Waals surface area contributed by atoms with Crippen LogP contribution in [0.2, 0.25) is 0 Å². The quantitative estimate of drug-likeness (QED) is 0.776. The summed E-state index contributed by atoms with van der Waals surface area (Å²) < 4.78 is 4.91. The lowest BCUT2D eigenvalue weighted by Crippen LogP contribution is -2.13. The second-order valence-corrected chi connectivity index (χ2v) is 3.81. The molecule has 1 heterocycles. The van der Waals surface area contributed by atoms with E-state index in [4.69, 9.17) is 10.3 Å². The van der Waals surface area contributed by atoms with E-state index in [1.807, 2.05) is 0 Å². The smallest absolute Gasteiger partial charge is 0.258 e. The van der Waals surface area contributed by atoms with E-state index in [0.717, 1.165) is 5.56 Å². The molecule has 2 aromatic rings. The summed E-state index contributed by atoms with van der Waals surface area (Å²) in [4.78, 5) is 11.9. The first kappa shape index (κ1) is 11.2. The number of anilines is 2. The number of nitrogen functional groups attached to an aromatic ring is 1. The molecule has 17 heavy (non-hydrogen) atoms. The van der Waals surface area contributed by atoms with Crippen LogP contribution in [0.3, 0.4) is 0 Å². The number of nitrogens with one attached hydrogen (secondary N) is 1.